The Morgan fingerprint density at radius 3 is 2.59 bits per heavy atom. The van der Waals surface area contributed by atoms with Gasteiger partial charge in [0.25, 0.3) is 0 Å². The van der Waals surface area contributed by atoms with Crippen LogP contribution in [0.5, 0.6) is 0 Å². The number of H-pyrrole nitrogens is 1. The fourth-order valence-electron chi connectivity index (χ4n) is 3.91. The van der Waals surface area contributed by atoms with Crippen LogP contribution in [0, 0.1) is 10.7 Å². The quantitative estimate of drug-likeness (QED) is 0.505. The number of aromatic amines is 1. The molecule has 0 unspecified atom stereocenters. The molecule has 0 aliphatic heterocycles. The molecule has 1 aliphatic carbocycles. The molecule has 1 fully saturated rings. The fraction of sp³-hybridized carbons (Fsp3) is 0.348. The number of hydrogen-bond donors (Lipinski definition) is 3. The molecule has 150 valence electrons. The lowest BCUT2D eigenvalue weighted by atomic mass is 9.87. The number of rotatable bonds is 5. The summed E-state index contributed by atoms with van der Waals surface area (Å²) in [4.78, 5) is 19.9. The predicted molar refractivity (Wildman–Crippen MR) is 120 cm³/mol. The molecule has 6 heteroatoms. The lowest BCUT2D eigenvalue weighted by Crippen LogP contribution is -2.38. The van der Waals surface area contributed by atoms with E-state index in [4.69, 9.17) is 12.2 Å². The van der Waals surface area contributed by atoms with Crippen LogP contribution < -0.4 is 10.6 Å². The number of carbonyl (C=O) groups is 1. The Labute approximate surface area is 176 Å². The summed E-state index contributed by atoms with van der Waals surface area (Å²) in [6.07, 6.45) is 5.00. The first kappa shape index (κ1) is 19.6. The number of amides is 1. The van der Waals surface area contributed by atoms with Gasteiger partial charge in [-0.2, -0.15) is 0 Å². The number of carbonyl (C=O) groups excluding carboxylic acids is 1. The van der Waals surface area contributed by atoms with Crippen LogP contribution >= 0.6 is 12.2 Å². The Hall–Kier alpha value is -2.73. The molecule has 4 rings (SSSR count). The highest BCUT2D eigenvalue weighted by molar-refractivity contribution is 7.71. The number of benzene rings is 2. The first-order chi connectivity index (χ1) is 14.1. The van der Waals surface area contributed by atoms with Crippen LogP contribution in [0.3, 0.4) is 0 Å². The van der Waals surface area contributed by atoms with E-state index in [0.29, 0.717) is 17.2 Å². The van der Waals surface area contributed by atoms with Crippen molar-refractivity contribution in [2.24, 2.45) is 5.92 Å². The Balaban J connectivity index is 1.40. The minimum absolute atomic E-state index is 0.104. The van der Waals surface area contributed by atoms with Gasteiger partial charge in [-0.25, -0.2) is 4.98 Å². The molecule has 1 saturated carbocycles. The van der Waals surface area contributed by atoms with Gasteiger partial charge in [0, 0.05) is 17.1 Å². The molecule has 0 saturated heterocycles. The monoisotopic (exact) mass is 406 g/mol. The summed E-state index contributed by atoms with van der Waals surface area (Å²) in [5, 5.41) is 7.51. The van der Waals surface area contributed by atoms with E-state index in [9.17, 15) is 4.79 Å². The zero-order chi connectivity index (χ0) is 20.2. The molecule has 0 atom stereocenters. The van der Waals surface area contributed by atoms with Crippen molar-refractivity contribution in [2.75, 3.05) is 5.32 Å². The van der Waals surface area contributed by atoms with Gasteiger partial charge in [-0.3, -0.25) is 4.79 Å². The van der Waals surface area contributed by atoms with E-state index in [2.05, 4.69) is 27.5 Å². The van der Waals surface area contributed by atoms with Crippen molar-refractivity contribution < 1.29 is 4.79 Å². The molecule has 2 aromatic carbocycles. The highest BCUT2D eigenvalue weighted by atomic mass is 32.1. The largest absolute Gasteiger partial charge is 0.353 e. The molecule has 0 spiro atoms. The highest BCUT2D eigenvalue weighted by Gasteiger charge is 2.19. The molecule has 1 heterocycles. The molecule has 3 aromatic rings. The number of hydrogen-bond acceptors (Lipinski definition) is 4. The molecule has 0 bridgehead atoms. The van der Waals surface area contributed by atoms with Gasteiger partial charge in [-0.1, -0.05) is 31.2 Å². The number of fused-ring (bicyclic) bond motifs is 1. The van der Waals surface area contributed by atoms with E-state index < -0.39 is 0 Å². The second-order valence-electron chi connectivity index (χ2n) is 7.96. The second kappa shape index (κ2) is 8.74. The minimum atomic E-state index is 0.104. The summed E-state index contributed by atoms with van der Waals surface area (Å²) in [5.74, 6) is 1.61. The summed E-state index contributed by atoms with van der Waals surface area (Å²) >= 11 is 5.23. The minimum Gasteiger partial charge on any atom is -0.353 e. The maximum absolute atomic E-state index is 12.4. The van der Waals surface area contributed by atoms with Crippen molar-refractivity contribution in [2.45, 2.75) is 45.1 Å². The van der Waals surface area contributed by atoms with Gasteiger partial charge < -0.3 is 15.6 Å². The third-order valence-electron chi connectivity index (χ3n) is 5.60. The third-order valence-corrected chi connectivity index (χ3v) is 5.79. The van der Waals surface area contributed by atoms with Crippen molar-refractivity contribution in [3.63, 3.8) is 0 Å². The van der Waals surface area contributed by atoms with Gasteiger partial charge in [0.2, 0.25) is 5.91 Å². The molecule has 29 heavy (non-hydrogen) atoms. The maximum atomic E-state index is 12.4. The molecule has 0 radical (unpaired) electrons. The number of aromatic nitrogens is 2. The maximum Gasteiger partial charge on any atom is 0.224 e. The molecular formula is C23H26N4OS. The van der Waals surface area contributed by atoms with Crippen molar-refractivity contribution in [1.29, 1.82) is 0 Å². The normalized spacial score (nSPS) is 19.1. The Kier molecular flexibility index (Phi) is 5.90. The van der Waals surface area contributed by atoms with Crippen LogP contribution in [0.25, 0.3) is 10.9 Å². The zero-order valence-electron chi connectivity index (χ0n) is 16.6. The predicted octanol–water partition coefficient (Wildman–Crippen LogP) is 5.27. The van der Waals surface area contributed by atoms with Crippen LogP contribution in [0.1, 0.15) is 38.2 Å². The molecule has 5 nitrogen and oxygen atoms in total. The smallest absolute Gasteiger partial charge is 0.224 e. The summed E-state index contributed by atoms with van der Waals surface area (Å²) < 4.78 is 0.441. The van der Waals surface area contributed by atoms with Crippen molar-refractivity contribution in [3.8, 4) is 0 Å². The standard InChI is InChI=1S/C23H26N4OS/c1-15-6-10-17(11-7-15)24-21(28)14-16-8-12-18(13-9-16)25-22-19-4-2-3-5-20(19)26-23(29)27-22/h2-5,8-9,12-13,15,17H,6-7,10-11,14H2,1H3,(H,24,28)(H2,25,26,27,29). The lowest BCUT2D eigenvalue weighted by Gasteiger charge is -2.26. The summed E-state index contributed by atoms with van der Waals surface area (Å²) in [6.45, 7) is 2.29. The molecule has 1 aromatic heterocycles. The molecule has 1 amide bonds. The van der Waals surface area contributed by atoms with Crippen LogP contribution in [0.15, 0.2) is 48.5 Å². The van der Waals surface area contributed by atoms with Crippen LogP contribution in [-0.4, -0.2) is 21.9 Å². The SMILES string of the molecule is CC1CCC(NC(=O)Cc2ccc(Nc3nc(=S)[nH]c4ccccc34)cc2)CC1. The van der Waals surface area contributed by atoms with Crippen molar-refractivity contribution in [1.82, 2.24) is 15.3 Å². The Morgan fingerprint density at radius 1 is 1.10 bits per heavy atom. The van der Waals surface area contributed by atoms with Gasteiger partial charge in [0.1, 0.15) is 5.82 Å². The van der Waals surface area contributed by atoms with Crippen LogP contribution in [0.2, 0.25) is 0 Å². The average molecular weight is 407 g/mol. The first-order valence-electron chi connectivity index (χ1n) is 10.2. The number of nitrogens with one attached hydrogen (secondary N) is 3. The lowest BCUT2D eigenvalue weighted by molar-refractivity contribution is -0.121. The van der Waals surface area contributed by atoms with Gasteiger partial charge in [-0.15, -0.1) is 0 Å². The number of nitrogens with zero attached hydrogens (tertiary/aromatic N) is 1. The van der Waals surface area contributed by atoms with E-state index >= 15 is 0 Å². The third kappa shape index (κ3) is 5.01. The molecule has 1 aliphatic rings. The van der Waals surface area contributed by atoms with Gasteiger partial charge in [-0.05, 0) is 73.6 Å². The Bertz CT molecular complexity index is 1050. The van der Waals surface area contributed by atoms with E-state index in [1.807, 2.05) is 48.5 Å². The average Bonchev–Trinajstić information content (AvgIpc) is 2.71. The molecule has 3 N–H and O–H groups in total. The van der Waals surface area contributed by atoms with E-state index in [1.165, 1.54) is 12.8 Å². The zero-order valence-corrected chi connectivity index (χ0v) is 17.4. The molecular weight excluding hydrogens is 380 g/mol. The van der Waals surface area contributed by atoms with Gasteiger partial charge in [0.15, 0.2) is 4.77 Å². The fourth-order valence-corrected chi connectivity index (χ4v) is 4.11. The van der Waals surface area contributed by atoms with Crippen molar-refractivity contribution >= 4 is 40.5 Å². The van der Waals surface area contributed by atoms with Crippen LogP contribution in [-0.2, 0) is 11.2 Å². The van der Waals surface area contributed by atoms with E-state index in [0.717, 1.165) is 46.7 Å². The summed E-state index contributed by atoms with van der Waals surface area (Å²) in [7, 11) is 0. The van der Waals surface area contributed by atoms with Gasteiger partial charge >= 0.3 is 0 Å². The second-order valence-corrected chi connectivity index (χ2v) is 8.35. The topological polar surface area (TPSA) is 69.8 Å². The number of anilines is 2. The van der Waals surface area contributed by atoms with Gasteiger partial charge in [0.05, 0.1) is 11.9 Å². The van der Waals surface area contributed by atoms with Crippen LogP contribution in [0.4, 0.5) is 11.5 Å². The van der Waals surface area contributed by atoms with E-state index in [-0.39, 0.29) is 5.91 Å². The highest BCUT2D eigenvalue weighted by Crippen LogP contribution is 2.24. The summed E-state index contributed by atoms with van der Waals surface area (Å²) in [5.41, 5.74) is 2.86. The number of para-hydroxylation sites is 1. The van der Waals surface area contributed by atoms with Crippen molar-refractivity contribution in [3.05, 3.63) is 58.9 Å². The first-order valence-corrected chi connectivity index (χ1v) is 10.6. The Morgan fingerprint density at radius 2 is 1.83 bits per heavy atom. The summed E-state index contributed by atoms with van der Waals surface area (Å²) in [6, 6.07) is 16.2. The van der Waals surface area contributed by atoms with E-state index in [1.54, 1.807) is 0 Å².